The van der Waals surface area contributed by atoms with Crippen LogP contribution in [0, 0.1) is 0 Å². The third-order valence-corrected chi connectivity index (χ3v) is 11.8. The maximum absolute atomic E-state index is 2.47. The molecule has 0 radical (unpaired) electrons. The van der Waals surface area contributed by atoms with Gasteiger partial charge in [0.25, 0.3) is 0 Å². The molecule has 54 heavy (non-hydrogen) atoms. The van der Waals surface area contributed by atoms with Crippen LogP contribution < -0.4 is 4.90 Å². The molecule has 0 bridgehead atoms. The van der Waals surface area contributed by atoms with Crippen molar-refractivity contribution in [2.24, 2.45) is 0 Å². The van der Waals surface area contributed by atoms with Crippen molar-refractivity contribution in [3.63, 3.8) is 0 Å². The Bertz CT molecular complexity index is 2700. The zero-order valence-corrected chi connectivity index (χ0v) is 30.8. The van der Waals surface area contributed by atoms with Crippen LogP contribution in [0.4, 0.5) is 17.1 Å². The maximum atomic E-state index is 2.47. The van der Waals surface area contributed by atoms with Crippen molar-refractivity contribution in [2.45, 2.75) is 32.1 Å². The van der Waals surface area contributed by atoms with Crippen molar-refractivity contribution in [3.8, 4) is 44.5 Å². The van der Waals surface area contributed by atoms with Gasteiger partial charge in [0.05, 0.1) is 0 Å². The lowest BCUT2D eigenvalue weighted by Crippen LogP contribution is -2.16. The van der Waals surface area contributed by atoms with Crippen LogP contribution in [0.5, 0.6) is 0 Å². The molecule has 0 aromatic heterocycles. The van der Waals surface area contributed by atoms with Crippen molar-refractivity contribution < 1.29 is 0 Å². The first kappa shape index (κ1) is 32.2. The minimum Gasteiger partial charge on any atom is -0.310 e. The fourth-order valence-electron chi connectivity index (χ4n) is 9.06. The van der Waals surface area contributed by atoms with Crippen LogP contribution in [0.3, 0.4) is 0 Å². The van der Waals surface area contributed by atoms with Crippen LogP contribution in [0.2, 0.25) is 0 Å². The Balaban J connectivity index is 1.19. The van der Waals surface area contributed by atoms with Gasteiger partial charge >= 0.3 is 0 Å². The maximum Gasteiger partial charge on any atom is 0.0468 e. The summed E-state index contributed by atoms with van der Waals surface area (Å²) in [7, 11) is 0. The lowest BCUT2D eigenvalue weighted by Gasteiger charge is -2.29. The highest BCUT2D eigenvalue weighted by atomic mass is 15.1. The normalized spacial score (nSPS) is 13.4. The molecule has 0 saturated carbocycles. The predicted molar refractivity (Wildman–Crippen MR) is 227 cm³/mol. The molecule has 0 aliphatic heterocycles. The van der Waals surface area contributed by atoms with Crippen molar-refractivity contribution in [1.82, 2.24) is 0 Å². The first-order chi connectivity index (χ1) is 26.5. The van der Waals surface area contributed by atoms with Gasteiger partial charge in [-0.2, -0.15) is 0 Å². The van der Waals surface area contributed by atoms with E-state index in [1.54, 1.807) is 0 Å². The van der Waals surface area contributed by atoms with Gasteiger partial charge in [-0.1, -0.05) is 166 Å². The molecule has 10 rings (SSSR count). The summed E-state index contributed by atoms with van der Waals surface area (Å²) < 4.78 is 0. The van der Waals surface area contributed by atoms with Gasteiger partial charge in [0, 0.05) is 22.5 Å². The molecule has 0 heterocycles. The predicted octanol–water partition coefficient (Wildman–Crippen LogP) is 14.0. The van der Waals surface area contributed by atoms with Crippen molar-refractivity contribution >= 4 is 17.1 Å². The van der Waals surface area contributed by atoms with Crippen molar-refractivity contribution in [1.29, 1.82) is 0 Å². The molecular weight excluding hydrogens is 651 g/mol. The molecule has 8 aromatic rings. The van der Waals surface area contributed by atoms with E-state index in [1.165, 1.54) is 77.9 Å². The molecule has 0 spiro atoms. The van der Waals surface area contributed by atoms with Gasteiger partial charge in [-0.05, 0) is 127 Å². The van der Waals surface area contributed by atoms with E-state index in [1.807, 2.05) is 0 Å². The minimum absolute atomic E-state index is 0.106. The Morgan fingerprint density at radius 3 is 1.50 bits per heavy atom. The Kier molecular flexibility index (Phi) is 7.70. The second kappa shape index (κ2) is 12.9. The van der Waals surface area contributed by atoms with Gasteiger partial charge in [0.1, 0.15) is 0 Å². The lowest BCUT2D eigenvalue weighted by atomic mass is 9.82. The van der Waals surface area contributed by atoms with Crippen LogP contribution in [-0.4, -0.2) is 0 Å². The van der Waals surface area contributed by atoms with Crippen LogP contribution in [0.1, 0.15) is 47.2 Å². The topological polar surface area (TPSA) is 3.24 Å². The first-order valence-corrected chi connectivity index (χ1v) is 19.1. The summed E-state index contributed by atoms with van der Waals surface area (Å²) >= 11 is 0. The van der Waals surface area contributed by atoms with Crippen LogP contribution in [0.25, 0.3) is 44.5 Å². The summed E-state index contributed by atoms with van der Waals surface area (Å²) in [6.07, 6.45) is 1.72. The quantitative estimate of drug-likeness (QED) is 0.178. The molecule has 1 heteroatoms. The van der Waals surface area contributed by atoms with E-state index >= 15 is 0 Å². The Hall–Kier alpha value is -6.44. The minimum atomic E-state index is -0.106. The molecule has 258 valence electrons. The summed E-state index contributed by atoms with van der Waals surface area (Å²) in [5.41, 5.74) is 21.8. The highest BCUT2D eigenvalue weighted by Crippen LogP contribution is 2.51. The summed E-state index contributed by atoms with van der Waals surface area (Å²) in [5.74, 6) is 0. The molecule has 0 unspecified atom stereocenters. The fourth-order valence-corrected chi connectivity index (χ4v) is 9.06. The summed E-state index contributed by atoms with van der Waals surface area (Å²) in [4.78, 5) is 2.47. The highest BCUT2D eigenvalue weighted by Gasteiger charge is 2.36. The van der Waals surface area contributed by atoms with Crippen LogP contribution in [-0.2, 0) is 18.3 Å². The molecule has 0 atom stereocenters. The third kappa shape index (κ3) is 5.39. The monoisotopic (exact) mass is 691 g/mol. The number of hydrogen-bond acceptors (Lipinski definition) is 1. The molecular formula is C53H41N. The first-order valence-electron chi connectivity index (χ1n) is 19.1. The molecule has 2 aliphatic rings. The Morgan fingerprint density at radius 2 is 0.815 bits per heavy atom. The van der Waals surface area contributed by atoms with Crippen LogP contribution in [0.15, 0.2) is 188 Å². The average molecular weight is 692 g/mol. The smallest absolute Gasteiger partial charge is 0.0468 e. The molecule has 1 nitrogen and oxygen atoms in total. The molecule has 0 fully saturated rings. The van der Waals surface area contributed by atoms with E-state index < -0.39 is 0 Å². The largest absolute Gasteiger partial charge is 0.310 e. The van der Waals surface area contributed by atoms with Gasteiger partial charge in [-0.15, -0.1) is 0 Å². The third-order valence-electron chi connectivity index (χ3n) is 11.8. The van der Waals surface area contributed by atoms with Gasteiger partial charge in [0.2, 0.25) is 0 Å². The number of benzene rings is 8. The van der Waals surface area contributed by atoms with Crippen LogP contribution >= 0.6 is 0 Å². The zero-order chi connectivity index (χ0) is 36.2. The average Bonchev–Trinajstić information content (AvgIpc) is 3.45. The van der Waals surface area contributed by atoms with E-state index in [2.05, 4.69) is 207 Å². The molecule has 8 aromatic carbocycles. The molecule has 0 amide bonds. The fraction of sp³-hybridized carbons (Fsp3) is 0.0943. The van der Waals surface area contributed by atoms with Crippen molar-refractivity contribution in [3.05, 3.63) is 221 Å². The number of rotatable bonds is 4. The summed E-state index contributed by atoms with van der Waals surface area (Å²) in [5, 5.41) is 0. The standard InChI is InChI=1S/C53H41N/c1-53(2)51-26-13-12-25-48(51)49-30-29-44(35-52(49)53)54(42-21-14-20-37(33-42)36-15-4-3-5-16-36)43-28-27-41-32-39-18-7-10-23-46(39)45-22-9-6-17-38(45)31-40-19-8-11-24-47(40)50(41)34-43/h3-30,33-35H,31-32H2,1-2H3. The van der Waals surface area contributed by atoms with E-state index in [-0.39, 0.29) is 5.41 Å². The lowest BCUT2D eigenvalue weighted by molar-refractivity contribution is 0.660. The summed E-state index contributed by atoms with van der Waals surface area (Å²) in [6.45, 7) is 4.73. The van der Waals surface area contributed by atoms with Gasteiger partial charge < -0.3 is 4.90 Å². The molecule has 0 saturated heterocycles. The Morgan fingerprint density at radius 1 is 0.333 bits per heavy atom. The second-order valence-corrected chi connectivity index (χ2v) is 15.3. The number of anilines is 3. The molecule has 0 N–H and O–H groups in total. The number of nitrogens with zero attached hydrogens (tertiary/aromatic N) is 1. The number of fused-ring (bicyclic) bond motifs is 9. The highest BCUT2D eigenvalue weighted by molar-refractivity contribution is 5.88. The van der Waals surface area contributed by atoms with Gasteiger partial charge in [-0.3, -0.25) is 0 Å². The van der Waals surface area contributed by atoms with E-state index in [0.717, 1.165) is 29.9 Å². The summed E-state index contributed by atoms with van der Waals surface area (Å²) in [6, 6.07) is 69.9. The van der Waals surface area contributed by atoms with E-state index in [0.29, 0.717) is 0 Å². The zero-order valence-electron chi connectivity index (χ0n) is 30.8. The van der Waals surface area contributed by atoms with E-state index in [4.69, 9.17) is 0 Å². The molecule has 2 aliphatic carbocycles. The SMILES string of the molecule is CC1(C)c2ccccc2-c2ccc(N(c3cccc(-c4ccccc4)c3)c3ccc4c(c3)-c3ccccc3Cc3ccccc3-c3ccccc3C4)cc21. The number of hydrogen-bond donors (Lipinski definition) is 0. The van der Waals surface area contributed by atoms with Gasteiger partial charge in [-0.25, -0.2) is 0 Å². The van der Waals surface area contributed by atoms with E-state index in [9.17, 15) is 0 Å². The van der Waals surface area contributed by atoms with Crippen molar-refractivity contribution in [2.75, 3.05) is 4.90 Å². The Labute approximate surface area is 318 Å². The second-order valence-electron chi connectivity index (χ2n) is 15.3. The van der Waals surface area contributed by atoms with Gasteiger partial charge in [0.15, 0.2) is 0 Å².